The normalized spacial score (nSPS) is 11.8. The van der Waals surface area contributed by atoms with Crippen molar-refractivity contribution in [3.05, 3.63) is 182 Å². The molecule has 52 heavy (non-hydrogen) atoms. The van der Waals surface area contributed by atoms with Crippen molar-refractivity contribution in [1.82, 2.24) is 19.1 Å². The first kappa shape index (κ1) is 28.8. The lowest BCUT2D eigenvalue weighted by Gasteiger charge is -2.13. The lowest BCUT2D eigenvalue weighted by molar-refractivity contribution is 1.17. The summed E-state index contributed by atoms with van der Waals surface area (Å²) >= 11 is 0. The summed E-state index contributed by atoms with van der Waals surface area (Å²) in [4.78, 5) is 10.3. The predicted molar refractivity (Wildman–Crippen MR) is 217 cm³/mol. The zero-order valence-electron chi connectivity index (χ0n) is 28.1. The van der Waals surface area contributed by atoms with Crippen molar-refractivity contribution >= 4 is 65.3 Å². The van der Waals surface area contributed by atoms with Gasteiger partial charge in [-0.15, -0.1) is 0 Å². The standard InChI is InChI=1S/C48H30N4/c1-4-15-32(16-5-1)46-39-30-35(25-27-40(39)49-48(50-46)33-17-6-2-7-18-33)51-41-23-13-12-22-37(41)44-42(51)28-29-43-45(44)38-26-24-31-14-10-11-21-36(31)47(38)52(43)34-19-8-3-9-20-34/h1-30H. The molecule has 0 amide bonds. The molecular formula is C48H30N4. The van der Waals surface area contributed by atoms with Crippen LogP contribution in [0, 0.1) is 0 Å². The van der Waals surface area contributed by atoms with E-state index in [1.807, 2.05) is 24.3 Å². The third kappa shape index (κ3) is 4.21. The van der Waals surface area contributed by atoms with Crippen molar-refractivity contribution < 1.29 is 0 Å². The average Bonchev–Trinajstić information content (AvgIpc) is 3.74. The summed E-state index contributed by atoms with van der Waals surface area (Å²) in [6.07, 6.45) is 0. The van der Waals surface area contributed by atoms with Gasteiger partial charge in [0.15, 0.2) is 5.82 Å². The lowest BCUT2D eigenvalue weighted by Crippen LogP contribution is -1.98. The third-order valence-electron chi connectivity index (χ3n) is 10.5. The maximum absolute atomic E-state index is 5.20. The highest BCUT2D eigenvalue weighted by Crippen LogP contribution is 2.44. The monoisotopic (exact) mass is 662 g/mol. The van der Waals surface area contributed by atoms with Gasteiger partial charge in [-0.3, -0.25) is 0 Å². The summed E-state index contributed by atoms with van der Waals surface area (Å²) in [7, 11) is 0. The van der Waals surface area contributed by atoms with Crippen molar-refractivity contribution in [3.63, 3.8) is 0 Å². The van der Waals surface area contributed by atoms with Crippen molar-refractivity contribution in [2.75, 3.05) is 0 Å². The second kappa shape index (κ2) is 11.2. The Kier molecular flexibility index (Phi) is 6.22. The molecule has 11 rings (SSSR count). The van der Waals surface area contributed by atoms with Crippen LogP contribution in [0.1, 0.15) is 0 Å². The fourth-order valence-electron chi connectivity index (χ4n) is 8.24. The first-order valence-corrected chi connectivity index (χ1v) is 17.7. The molecule has 0 radical (unpaired) electrons. The Balaban J connectivity index is 1.24. The number of rotatable bonds is 4. The highest BCUT2D eigenvalue weighted by Gasteiger charge is 2.22. The van der Waals surface area contributed by atoms with E-state index in [-0.39, 0.29) is 0 Å². The molecule has 4 nitrogen and oxygen atoms in total. The molecule has 3 aromatic heterocycles. The van der Waals surface area contributed by atoms with Crippen LogP contribution < -0.4 is 0 Å². The maximum Gasteiger partial charge on any atom is 0.160 e. The van der Waals surface area contributed by atoms with Crippen LogP contribution in [0.5, 0.6) is 0 Å². The summed E-state index contributed by atoms with van der Waals surface area (Å²) in [5, 5.41) is 8.48. The molecular weight excluding hydrogens is 633 g/mol. The first-order chi connectivity index (χ1) is 25.8. The number of hydrogen-bond acceptors (Lipinski definition) is 2. The molecule has 8 aromatic carbocycles. The molecule has 0 aliphatic carbocycles. The molecule has 0 aliphatic heterocycles. The van der Waals surface area contributed by atoms with Crippen molar-refractivity contribution in [2.45, 2.75) is 0 Å². The van der Waals surface area contributed by atoms with E-state index in [4.69, 9.17) is 9.97 Å². The summed E-state index contributed by atoms with van der Waals surface area (Å²) < 4.78 is 4.86. The van der Waals surface area contributed by atoms with Crippen LogP contribution in [0.2, 0.25) is 0 Å². The van der Waals surface area contributed by atoms with Gasteiger partial charge in [-0.1, -0.05) is 133 Å². The van der Waals surface area contributed by atoms with E-state index in [1.54, 1.807) is 0 Å². The smallest absolute Gasteiger partial charge is 0.160 e. The molecule has 0 saturated carbocycles. The van der Waals surface area contributed by atoms with Gasteiger partial charge in [0.2, 0.25) is 0 Å². The fourth-order valence-corrected chi connectivity index (χ4v) is 8.24. The van der Waals surface area contributed by atoms with E-state index in [1.165, 1.54) is 43.4 Å². The second-order valence-electron chi connectivity index (χ2n) is 13.4. The molecule has 0 fully saturated rings. The molecule has 4 heteroatoms. The number of aromatic nitrogens is 4. The molecule has 0 unspecified atom stereocenters. The van der Waals surface area contributed by atoms with Crippen LogP contribution in [0.15, 0.2) is 182 Å². The molecule has 3 heterocycles. The Morgan fingerprint density at radius 1 is 0.365 bits per heavy atom. The number of nitrogens with zero attached hydrogens (tertiary/aromatic N) is 4. The van der Waals surface area contributed by atoms with Gasteiger partial charge in [0.25, 0.3) is 0 Å². The summed E-state index contributed by atoms with van der Waals surface area (Å²) in [5.41, 5.74) is 10.9. The Hall–Kier alpha value is -7.04. The van der Waals surface area contributed by atoms with E-state index >= 15 is 0 Å². The van der Waals surface area contributed by atoms with Gasteiger partial charge >= 0.3 is 0 Å². The fraction of sp³-hybridized carbons (Fsp3) is 0. The Bertz CT molecular complexity index is 3160. The van der Waals surface area contributed by atoms with Crippen LogP contribution in [-0.2, 0) is 0 Å². The second-order valence-corrected chi connectivity index (χ2v) is 13.4. The number of benzene rings is 8. The average molecular weight is 663 g/mol. The number of fused-ring (bicyclic) bond motifs is 10. The van der Waals surface area contributed by atoms with E-state index in [0.29, 0.717) is 0 Å². The van der Waals surface area contributed by atoms with Gasteiger partial charge in [0, 0.05) is 54.8 Å². The quantitative estimate of drug-likeness (QED) is 0.188. The molecule has 242 valence electrons. The van der Waals surface area contributed by atoms with Crippen molar-refractivity contribution in [2.24, 2.45) is 0 Å². The topological polar surface area (TPSA) is 35.6 Å². The van der Waals surface area contributed by atoms with Gasteiger partial charge in [-0.25, -0.2) is 9.97 Å². The SMILES string of the molecule is c1ccc(-c2nc(-c3ccccc3)c3cc(-n4c5ccccc5c5c6c7ccc8ccccc8c7n(-c7ccccc7)c6ccc54)ccc3n2)cc1. The van der Waals surface area contributed by atoms with Gasteiger partial charge in [0.05, 0.1) is 33.3 Å². The van der Waals surface area contributed by atoms with Gasteiger partial charge in [-0.05, 0) is 53.9 Å². The van der Waals surface area contributed by atoms with Gasteiger partial charge in [0.1, 0.15) is 0 Å². The Morgan fingerprint density at radius 3 is 1.79 bits per heavy atom. The predicted octanol–water partition coefficient (Wildman–Crippen LogP) is 12.3. The number of para-hydroxylation sites is 2. The molecule has 11 aromatic rings. The van der Waals surface area contributed by atoms with E-state index < -0.39 is 0 Å². The Labute approximate surface area is 299 Å². The minimum Gasteiger partial charge on any atom is -0.309 e. The third-order valence-corrected chi connectivity index (χ3v) is 10.5. The van der Waals surface area contributed by atoms with Crippen LogP contribution in [0.25, 0.3) is 99.3 Å². The molecule has 0 saturated heterocycles. The molecule has 0 atom stereocenters. The highest BCUT2D eigenvalue weighted by molar-refractivity contribution is 6.31. The van der Waals surface area contributed by atoms with E-state index in [0.717, 1.165) is 56.0 Å². The van der Waals surface area contributed by atoms with Crippen molar-refractivity contribution in [1.29, 1.82) is 0 Å². The molecule has 0 bridgehead atoms. The van der Waals surface area contributed by atoms with E-state index in [9.17, 15) is 0 Å². The van der Waals surface area contributed by atoms with Crippen LogP contribution in [-0.4, -0.2) is 19.1 Å². The summed E-state index contributed by atoms with van der Waals surface area (Å²) in [6.45, 7) is 0. The zero-order valence-corrected chi connectivity index (χ0v) is 28.1. The minimum atomic E-state index is 0.723. The lowest BCUT2D eigenvalue weighted by atomic mass is 10.0. The van der Waals surface area contributed by atoms with Crippen LogP contribution >= 0.6 is 0 Å². The molecule has 0 aliphatic rings. The zero-order chi connectivity index (χ0) is 34.2. The summed E-state index contributed by atoms with van der Waals surface area (Å²) in [5.74, 6) is 0.723. The highest BCUT2D eigenvalue weighted by atomic mass is 15.0. The summed E-state index contributed by atoms with van der Waals surface area (Å²) in [6, 6.07) is 64.8. The molecule has 0 spiro atoms. The van der Waals surface area contributed by atoms with Gasteiger partial charge < -0.3 is 9.13 Å². The van der Waals surface area contributed by atoms with Crippen LogP contribution in [0.4, 0.5) is 0 Å². The first-order valence-electron chi connectivity index (χ1n) is 17.7. The van der Waals surface area contributed by atoms with Gasteiger partial charge in [-0.2, -0.15) is 0 Å². The largest absolute Gasteiger partial charge is 0.309 e. The van der Waals surface area contributed by atoms with E-state index in [2.05, 4.69) is 167 Å². The van der Waals surface area contributed by atoms with Crippen molar-refractivity contribution in [3.8, 4) is 34.0 Å². The molecule has 0 N–H and O–H groups in total. The van der Waals surface area contributed by atoms with Crippen LogP contribution in [0.3, 0.4) is 0 Å². The number of hydrogen-bond donors (Lipinski definition) is 0. The maximum atomic E-state index is 5.20. The Morgan fingerprint density at radius 2 is 1.00 bits per heavy atom. The minimum absolute atomic E-state index is 0.723.